The topological polar surface area (TPSA) is 50.4 Å². The number of hydrogen-bond donors (Lipinski definition) is 2. The molecular weight excluding hydrogens is 324 g/mol. The van der Waals surface area contributed by atoms with Crippen molar-refractivity contribution in [1.29, 1.82) is 0 Å². The molecule has 0 atom stereocenters. The second-order valence-electron chi connectivity index (χ2n) is 6.04. The molecule has 0 heterocycles. The van der Waals surface area contributed by atoms with Crippen LogP contribution in [0.1, 0.15) is 21.5 Å². The quantitative estimate of drug-likeness (QED) is 0.669. The smallest absolute Gasteiger partial charge is 0.255 e. The minimum absolute atomic E-state index is 0.145. The zero-order valence-corrected chi connectivity index (χ0v) is 15.0. The Hall–Kier alpha value is -3.27. The number of anilines is 2. The monoisotopic (exact) mass is 346 g/mol. The molecule has 0 aliphatic carbocycles. The normalized spacial score (nSPS) is 10.2. The summed E-state index contributed by atoms with van der Waals surface area (Å²) in [5.41, 5.74) is 4.89. The fraction of sp³-hybridized carbons (Fsp3) is 0.136. The highest BCUT2D eigenvalue weighted by atomic mass is 16.5. The first kappa shape index (κ1) is 17.5. The number of nitrogens with one attached hydrogen (secondary N) is 2. The van der Waals surface area contributed by atoms with Crippen molar-refractivity contribution in [2.45, 2.75) is 13.5 Å². The van der Waals surface area contributed by atoms with Gasteiger partial charge in [-0.2, -0.15) is 0 Å². The molecule has 2 N–H and O–H groups in total. The van der Waals surface area contributed by atoms with E-state index in [0.717, 1.165) is 23.7 Å². The Labute approximate surface area is 153 Å². The molecule has 0 saturated heterocycles. The summed E-state index contributed by atoms with van der Waals surface area (Å²) >= 11 is 0. The average Bonchev–Trinajstić information content (AvgIpc) is 2.68. The first-order valence-corrected chi connectivity index (χ1v) is 8.49. The summed E-state index contributed by atoms with van der Waals surface area (Å²) in [6.45, 7) is 2.87. The van der Waals surface area contributed by atoms with Crippen molar-refractivity contribution in [2.75, 3.05) is 17.7 Å². The molecule has 0 saturated carbocycles. The molecule has 0 aromatic heterocycles. The third-order valence-electron chi connectivity index (χ3n) is 4.24. The van der Waals surface area contributed by atoms with Crippen molar-refractivity contribution in [3.8, 4) is 5.75 Å². The van der Waals surface area contributed by atoms with E-state index in [1.807, 2.05) is 36.4 Å². The van der Waals surface area contributed by atoms with E-state index in [4.69, 9.17) is 4.74 Å². The van der Waals surface area contributed by atoms with Crippen LogP contribution >= 0.6 is 0 Å². The van der Waals surface area contributed by atoms with Gasteiger partial charge in [0.05, 0.1) is 7.11 Å². The van der Waals surface area contributed by atoms with E-state index in [1.165, 1.54) is 11.1 Å². The minimum atomic E-state index is -0.145. The number of benzene rings is 3. The molecule has 0 fully saturated rings. The Morgan fingerprint density at radius 1 is 0.885 bits per heavy atom. The first-order chi connectivity index (χ1) is 12.7. The Morgan fingerprint density at radius 2 is 1.54 bits per heavy atom. The van der Waals surface area contributed by atoms with Crippen LogP contribution in [0.4, 0.5) is 11.4 Å². The number of hydrogen-bond acceptors (Lipinski definition) is 3. The van der Waals surface area contributed by atoms with Crippen LogP contribution in [0.3, 0.4) is 0 Å². The molecular formula is C22H22N2O2. The molecule has 0 aliphatic rings. The second-order valence-corrected chi connectivity index (χ2v) is 6.04. The lowest BCUT2D eigenvalue weighted by molar-refractivity contribution is 0.102. The molecule has 0 aliphatic heterocycles. The van der Waals surface area contributed by atoms with E-state index >= 15 is 0 Å². The van der Waals surface area contributed by atoms with Gasteiger partial charge in [-0.1, -0.05) is 24.3 Å². The summed E-state index contributed by atoms with van der Waals surface area (Å²) in [4.78, 5) is 12.3. The maximum Gasteiger partial charge on any atom is 0.255 e. The van der Waals surface area contributed by atoms with Crippen molar-refractivity contribution in [1.82, 2.24) is 0 Å². The summed E-state index contributed by atoms with van der Waals surface area (Å²) in [5, 5.41) is 6.30. The zero-order valence-electron chi connectivity index (χ0n) is 15.0. The molecule has 3 aromatic rings. The summed E-state index contributed by atoms with van der Waals surface area (Å²) in [5.74, 6) is 0.582. The molecule has 132 valence electrons. The van der Waals surface area contributed by atoms with Crippen LogP contribution < -0.4 is 15.4 Å². The zero-order chi connectivity index (χ0) is 18.4. The van der Waals surface area contributed by atoms with E-state index in [9.17, 15) is 4.79 Å². The first-order valence-electron chi connectivity index (χ1n) is 8.49. The molecule has 3 aromatic carbocycles. The molecule has 3 rings (SSSR count). The van der Waals surface area contributed by atoms with Gasteiger partial charge in [0.2, 0.25) is 0 Å². The Morgan fingerprint density at radius 3 is 2.19 bits per heavy atom. The number of aryl methyl sites for hydroxylation is 1. The molecule has 1 amide bonds. The fourth-order valence-corrected chi connectivity index (χ4v) is 2.62. The van der Waals surface area contributed by atoms with Gasteiger partial charge in [0.1, 0.15) is 5.75 Å². The number of amides is 1. The van der Waals surface area contributed by atoms with Gasteiger partial charge in [0.25, 0.3) is 5.91 Å². The molecule has 0 spiro atoms. The predicted octanol–water partition coefficient (Wildman–Crippen LogP) is 4.87. The van der Waals surface area contributed by atoms with Gasteiger partial charge >= 0.3 is 0 Å². The van der Waals surface area contributed by atoms with Crippen LogP contribution in [-0.2, 0) is 6.54 Å². The summed E-state index contributed by atoms with van der Waals surface area (Å²) in [6, 6.07) is 23.0. The lowest BCUT2D eigenvalue weighted by atomic mass is 10.1. The van der Waals surface area contributed by atoms with Crippen LogP contribution in [0.2, 0.25) is 0 Å². The van der Waals surface area contributed by atoms with Gasteiger partial charge in [-0.05, 0) is 66.6 Å². The molecule has 0 radical (unpaired) electrons. The van der Waals surface area contributed by atoms with Crippen molar-refractivity contribution < 1.29 is 9.53 Å². The summed E-state index contributed by atoms with van der Waals surface area (Å²) in [7, 11) is 1.60. The molecule has 26 heavy (non-hydrogen) atoms. The van der Waals surface area contributed by atoms with Crippen LogP contribution in [0.5, 0.6) is 5.75 Å². The Bertz CT molecular complexity index is 871. The Kier molecular flexibility index (Phi) is 5.54. The van der Waals surface area contributed by atoms with Gasteiger partial charge in [0.15, 0.2) is 0 Å². The predicted molar refractivity (Wildman–Crippen MR) is 106 cm³/mol. The van der Waals surface area contributed by atoms with Gasteiger partial charge in [-0.3, -0.25) is 4.79 Å². The lowest BCUT2D eigenvalue weighted by Crippen LogP contribution is -2.11. The standard InChI is InChI=1S/C22H22N2O2/c1-16-5-3-4-6-18(16)15-23-19-9-11-20(12-10-19)24-22(25)17-7-13-21(26-2)14-8-17/h3-14,23H,15H2,1-2H3,(H,24,25). The average molecular weight is 346 g/mol. The number of methoxy groups -OCH3 is 1. The number of carbonyl (C=O) groups is 1. The molecule has 0 unspecified atom stereocenters. The summed E-state index contributed by atoms with van der Waals surface area (Å²) in [6.07, 6.45) is 0. The lowest BCUT2D eigenvalue weighted by Gasteiger charge is -2.10. The van der Waals surface area contributed by atoms with Crippen LogP contribution in [-0.4, -0.2) is 13.0 Å². The van der Waals surface area contributed by atoms with E-state index in [1.54, 1.807) is 31.4 Å². The maximum atomic E-state index is 12.3. The van der Waals surface area contributed by atoms with Crippen LogP contribution in [0.15, 0.2) is 72.8 Å². The molecule has 4 heteroatoms. The van der Waals surface area contributed by atoms with E-state index < -0.39 is 0 Å². The van der Waals surface area contributed by atoms with Crippen molar-refractivity contribution in [3.63, 3.8) is 0 Å². The van der Waals surface area contributed by atoms with Gasteiger partial charge < -0.3 is 15.4 Å². The van der Waals surface area contributed by atoms with Crippen molar-refractivity contribution in [2.24, 2.45) is 0 Å². The Balaban J connectivity index is 1.58. The van der Waals surface area contributed by atoms with Crippen molar-refractivity contribution >= 4 is 17.3 Å². The molecule has 4 nitrogen and oxygen atoms in total. The van der Waals surface area contributed by atoms with Gasteiger partial charge in [-0.15, -0.1) is 0 Å². The van der Waals surface area contributed by atoms with E-state index in [0.29, 0.717) is 5.56 Å². The highest BCUT2D eigenvalue weighted by Crippen LogP contribution is 2.17. The van der Waals surface area contributed by atoms with Crippen molar-refractivity contribution in [3.05, 3.63) is 89.5 Å². The van der Waals surface area contributed by atoms with Crippen LogP contribution in [0.25, 0.3) is 0 Å². The molecule has 0 bridgehead atoms. The summed E-state index contributed by atoms with van der Waals surface area (Å²) < 4.78 is 5.10. The highest BCUT2D eigenvalue weighted by molar-refractivity contribution is 6.04. The van der Waals surface area contributed by atoms with Crippen LogP contribution in [0, 0.1) is 6.92 Å². The number of carbonyl (C=O) groups excluding carboxylic acids is 1. The van der Waals surface area contributed by atoms with E-state index in [-0.39, 0.29) is 5.91 Å². The number of ether oxygens (including phenoxy) is 1. The SMILES string of the molecule is COc1ccc(C(=O)Nc2ccc(NCc3ccccc3C)cc2)cc1. The largest absolute Gasteiger partial charge is 0.497 e. The maximum absolute atomic E-state index is 12.3. The minimum Gasteiger partial charge on any atom is -0.497 e. The highest BCUT2D eigenvalue weighted by Gasteiger charge is 2.06. The van der Waals surface area contributed by atoms with Gasteiger partial charge in [0, 0.05) is 23.5 Å². The third kappa shape index (κ3) is 4.42. The number of rotatable bonds is 6. The second kappa shape index (κ2) is 8.21. The van der Waals surface area contributed by atoms with E-state index in [2.05, 4.69) is 29.7 Å². The van der Waals surface area contributed by atoms with Gasteiger partial charge in [-0.25, -0.2) is 0 Å². The fourth-order valence-electron chi connectivity index (χ4n) is 2.62. The third-order valence-corrected chi connectivity index (χ3v) is 4.24.